The molecule has 0 radical (unpaired) electrons. The number of nitriles is 1. The third-order valence-electron chi connectivity index (χ3n) is 7.13. The molecule has 4 heterocycles. The average molecular weight is 519 g/mol. The maximum absolute atomic E-state index is 14.5. The van der Waals surface area contributed by atoms with E-state index < -0.39 is 29.6 Å². The number of carbonyl (C=O) groups is 1. The maximum atomic E-state index is 14.5. The number of aryl methyl sites for hydroxylation is 1. The summed E-state index contributed by atoms with van der Waals surface area (Å²) in [6, 6.07) is 4.00. The third-order valence-corrected chi connectivity index (χ3v) is 7.13. The molecule has 13 heteroatoms. The summed E-state index contributed by atoms with van der Waals surface area (Å²) in [4.78, 5) is 20.9. The van der Waals surface area contributed by atoms with Crippen molar-refractivity contribution in [1.29, 1.82) is 5.26 Å². The predicted molar refractivity (Wildman–Crippen MR) is 121 cm³/mol. The largest absolute Gasteiger partial charge is 0.451 e. The molecule has 5 rings (SSSR count). The Hall–Kier alpha value is -3.82. The number of amides is 1. The Labute approximate surface area is 208 Å². The van der Waals surface area contributed by atoms with Gasteiger partial charge in [-0.3, -0.25) is 4.79 Å². The highest BCUT2D eigenvalue weighted by Gasteiger charge is 2.41. The number of halogens is 5. The van der Waals surface area contributed by atoms with Crippen LogP contribution in [0.2, 0.25) is 0 Å². The van der Waals surface area contributed by atoms with Crippen molar-refractivity contribution in [2.75, 3.05) is 24.5 Å². The number of fused-ring (bicyclic) bond motifs is 2. The first-order valence-electron chi connectivity index (χ1n) is 11.7. The first-order valence-corrected chi connectivity index (χ1v) is 11.7. The van der Waals surface area contributed by atoms with Crippen molar-refractivity contribution in [2.45, 2.75) is 39.5 Å². The van der Waals surface area contributed by atoms with Crippen molar-refractivity contribution in [3.05, 3.63) is 46.7 Å². The van der Waals surface area contributed by atoms with Crippen molar-refractivity contribution in [2.24, 2.45) is 11.8 Å². The van der Waals surface area contributed by atoms with E-state index in [1.165, 1.54) is 4.90 Å². The van der Waals surface area contributed by atoms with Crippen LogP contribution >= 0.6 is 0 Å². The van der Waals surface area contributed by atoms with E-state index in [4.69, 9.17) is 0 Å². The minimum Gasteiger partial charge on any atom is -0.370 e. The molecule has 194 valence electrons. The number of carbonyl (C=O) groups excluding carboxylic acids is 1. The lowest BCUT2D eigenvalue weighted by atomic mass is 9.85. The zero-order valence-electron chi connectivity index (χ0n) is 20.0. The number of hydrogen-bond acceptors (Lipinski definition) is 6. The lowest BCUT2D eigenvalue weighted by molar-refractivity contribution is -0.148. The van der Waals surface area contributed by atoms with E-state index in [-0.39, 0.29) is 53.8 Å². The molecule has 1 fully saturated rings. The van der Waals surface area contributed by atoms with Crippen LogP contribution < -0.4 is 4.90 Å². The van der Waals surface area contributed by atoms with Gasteiger partial charge < -0.3 is 14.4 Å². The van der Waals surface area contributed by atoms with Gasteiger partial charge in [-0.25, -0.2) is 13.8 Å². The number of alkyl halides is 3. The maximum Gasteiger partial charge on any atom is 0.451 e. The van der Waals surface area contributed by atoms with Gasteiger partial charge in [0, 0.05) is 43.5 Å². The predicted octanol–water partition coefficient (Wildman–Crippen LogP) is 3.81. The highest BCUT2D eigenvalue weighted by Crippen LogP contribution is 2.38. The SMILES string of the molecule is Cc1nc2c(F)cc(F)cc2c(N2CC[C@H](C(=O)N3CCn4c(nnc4C(F)(F)F)C3)[C@H](C)C2)c1C#N. The van der Waals surface area contributed by atoms with E-state index in [0.717, 1.165) is 16.7 Å². The number of nitrogens with zero attached hydrogens (tertiary/aromatic N) is 7. The standard InChI is InChI=1S/C24H22F5N7O/c1-12-10-34(21-16-7-14(25)8-18(26)20(16)31-13(2)17(21)9-30)4-3-15(12)22(37)35-5-6-36-19(11-35)32-33-23(36)24(27,28)29/h7-8,12,15H,3-6,10-11H2,1-2H3/t12-,15+/m1/s1. The van der Waals surface area contributed by atoms with E-state index in [9.17, 15) is 32.0 Å². The highest BCUT2D eigenvalue weighted by molar-refractivity contribution is 5.96. The van der Waals surface area contributed by atoms with Crippen LogP contribution in [0.15, 0.2) is 12.1 Å². The fourth-order valence-corrected chi connectivity index (χ4v) is 5.36. The zero-order chi connectivity index (χ0) is 26.6. The van der Waals surface area contributed by atoms with Crippen molar-refractivity contribution < 1.29 is 26.7 Å². The normalized spacial score (nSPS) is 20.2. The molecular weight excluding hydrogens is 497 g/mol. The van der Waals surface area contributed by atoms with Crippen molar-refractivity contribution in [3.63, 3.8) is 0 Å². The second kappa shape index (κ2) is 8.93. The molecule has 1 aromatic carbocycles. The van der Waals surface area contributed by atoms with Crippen LogP contribution in [0.3, 0.4) is 0 Å². The Bertz CT molecular complexity index is 1440. The van der Waals surface area contributed by atoms with Gasteiger partial charge in [0.1, 0.15) is 17.4 Å². The molecule has 2 aromatic heterocycles. The quantitative estimate of drug-likeness (QED) is 0.479. The molecule has 2 aliphatic heterocycles. The molecule has 2 atom stereocenters. The highest BCUT2D eigenvalue weighted by atomic mass is 19.4. The van der Waals surface area contributed by atoms with Crippen LogP contribution in [0, 0.1) is 41.7 Å². The summed E-state index contributed by atoms with van der Waals surface area (Å²) < 4.78 is 69.0. The van der Waals surface area contributed by atoms with Gasteiger partial charge in [-0.15, -0.1) is 10.2 Å². The van der Waals surface area contributed by atoms with E-state index >= 15 is 0 Å². The second-order valence-electron chi connectivity index (χ2n) is 9.48. The summed E-state index contributed by atoms with van der Waals surface area (Å²) in [7, 11) is 0. The Morgan fingerprint density at radius 1 is 1.16 bits per heavy atom. The van der Waals surface area contributed by atoms with Gasteiger partial charge in [0.05, 0.1) is 23.5 Å². The van der Waals surface area contributed by atoms with Crippen LogP contribution in [0.25, 0.3) is 10.9 Å². The zero-order valence-corrected chi connectivity index (χ0v) is 20.0. The number of aromatic nitrogens is 4. The molecule has 1 amide bonds. The summed E-state index contributed by atoms with van der Waals surface area (Å²) in [6.07, 6.45) is -4.23. The van der Waals surface area contributed by atoms with Gasteiger partial charge in [-0.2, -0.15) is 18.4 Å². The Morgan fingerprint density at radius 3 is 2.59 bits per heavy atom. The van der Waals surface area contributed by atoms with Gasteiger partial charge >= 0.3 is 6.18 Å². The van der Waals surface area contributed by atoms with Crippen molar-refractivity contribution in [1.82, 2.24) is 24.6 Å². The lowest BCUT2D eigenvalue weighted by Gasteiger charge is -2.40. The molecule has 3 aromatic rings. The Morgan fingerprint density at radius 2 is 1.92 bits per heavy atom. The molecular formula is C24H22F5N7O. The smallest absolute Gasteiger partial charge is 0.370 e. The monoisotopic (exact) mass is 519 g/mol. The molecule has 0 N–H and O–H groups in total. The molecule has 8 nitrogen and oxygen atoms in total. The van der Waals surface area contributed by atoms with Crippen LogP contribution in [-0.2, 0) is 24.1 Å². The molecule has 0 saturated carbocycles. The number of rotatable bonds is 2. The number of hydrogen-bond donors (Lipinski definition) is 0. The first kappa shape index (κ1) is 24.9. The second-order valence-corrected chi connectivity index (χ2v) is 9.48. The van der Waals surface area contributed by atoms with Gasteiger partial charge in [0.25, 0.3) is 0 Å². The Balaban J connectivity index is 1.38. The molecule has 0 unspecified atom stereocenters. The summed E-state index contributed by atoms with van der Waals surface area (Å²) in [6.45, 7) is 4.11. The Kier molecular flexibility index (Phi) is 6.00. The molecule has 0 aliphatic carbocycles. The number of pyridine rings is 1. The summed E-state index contributed by atoms with van der Waals surface area (Å²) in [5.74, 6) is -3.42. The molecule has 0 bridgehead atoms. The number of piperidine rings is 1. The van der Waals surface area contributed by atoms with Crippen LogP contribution in [0.1, 0.15) is 36.3 Å². The third kappa shape index (κ3) is 4.24. The van der Waals surface area contributed by atoms with E-state index in [1.807, 2.05) is 11.8 Å². The van der Waals surface area contributed by atoms with Gasteiger partial charge in [0.15, 0.2) is 11.6 Å². The topological polar surface area (TPSA) is 90.9 Å². The minimum absolute atomic E-state index is 0.0330. The fourth-order valence-electron chi connectivity index (χ4n) is 5.36. The fraction of sp³-hybridized carbons (Fsp3) is 0.458. The van der Waals surface area contributed by atoms with Gasteiger partial charge in [0.2, 0.25) is 11.7 Å². The summed E-state index contributed by atoms with van der Waals surface area (Å²) in [5.41, 5.74) is 0.878. The van der Waals surface area contributed by atoms with E-state index in [2.05, 4.69) is 21.3 Å². The molecule has 37 heavy (non-hydrogen) atoms. The van der Waals surface area contributed by atoms with Crippen LogP contribution in [-0.4, -0.2) is 50.2 Å². The van der Waals surface area contributed by atoms with E-state index in [1.54, 1.807) is 6.92 Å². The first-order chi connectivity index (χ1) is 17.5. The summed E-state index contributed by atoms with van der Waals surface area (Å²) in [5, 5.41) is 16.9. The summed E-state index contributed by atoms with van der Waals surface area (Å²) >= 11 is 0. The van der Waals surface area contributed by atoms with Crippen LogP contribution in [0.5, 0.6) is 0 Å². The molecule has 0 spiro atoms. The van der Waals surface area contributed by atoms with Crippen molar-refractivity contribution >= 4 is 22.5 Å². The van der Waals surface area contributed by atoms with Crippen LogP contribution in [0.4, 0.5) is 27.6 Å². The molecule has 1 saturated heterocycles. The average Bonchev–Trinajstić information content (AvgIpc) is 3.27. The number of anilines is 1. The van der Waals surface area contributed by atoms with E-state index in [0.29, 0.717) is 30.9 Å². The van der Waals surface area contributed by atoms with Gasteiger partial charge in [-0.1, -0.05) is 6.92 Å². The lowest BCUT2D eigenvalue weighted by Crippen LogP contribution is -2.49. The van der Waals surface area contributed by atoms with Gasteiger partial charge in [-0.05, 0) is 25.3 Å². The number of benzene rings is 1. The van der Waals surface area contributed by atoms with Crippen molar-refractivity contribution in [3.8, 4) is 6.07 Å². The minimum atomic E-state index is -4.62. The molecule has 2 aliphatic rings.